The van der Waals surface area contributed by atoms with Gasteiger partial charge in [-0.25, -0.2) is 0 Å². The molecule has 4 heteroatoms. The summed E-state index contributed by atoms with van der Waals surface area (Å²) in [6.07, 6.45) is 1.28. The molecule has 0 spiro atoms. The maximum absolute atomic E-state index is 8.65. The van der Waals surface area contributed by atoms with Crippen molar-refractivity contribution in [2.24, 2.45) is 0 Å². The van der Waals surface area contributed by atoms with Crippen molar-refractivity contribution < 1.29 is 10.2 Å². The van der Waals surface area contributed by atoms with Crippen molar-refractivity contribution in [3.05, 3.63) is 29.0 Å². The number of hydrogen-bond acceptors (Lipinski definition) is 3. The second kappa shape index (κ2) is 2.96. The average molecular weight is 160 g/mol. The van der Waals surface area contributed by atoms with Crippen molar-refractivity contribution in [1.82, 2.24) is 4.98 Å². The largest absolute Gasteiger partial charge is 0.364 e. The van der Waals surface area contributed by atoms with Crippen LogP contribution in [0.1, 0.15) is 11.9 Å². The summed E-state index contributed by atoms with van der Waals surface area (Å²) in [5.41, 5.74) is 0.275. The first-order valence-corrected chi connectivity index (χ1v) is 3.05. The SMILES string of the molecule is OC(O)c1ccncc1Cl. The summed E-state index contributed by atoms with van der Waals surface area (Å²) in [5, 5.41) is 17.6. The Labute approximate surface area is 62.9 Å². The molecule has 0 aromatic carbocycles. The molecule has 0 radical (unpaired) electrons. The van der Waals surface area contributed by atoms with Crippen LogP contribution in [0.5, 0.6) is 0 Å². The molecule has 0 aliphatic rings. The summed E-state index contributed by atoms with van der Waals surface area (Å²) in [6, 6.07) is 1.45. The third-order valence-electron chi connectivity index (χ3n) is 1.08. The lowest BCUT2D eigenvalue weighted by molar-refractivity contribution is -0.0424. The molecule has 0 saturated carbocycles. The lowest BCUT2D eigenvalue weighted by atomic mass is 10.3. The molecule has 0 aliphatic carbocycles. The average Bonchev–Trinajstić information content (AvgIpc) is 1.88. The van der Waals surface area contributed by atoms with Crippen molar-refractivity contribution >= 4 is 11.6 Å². The highest BCUT2D eigenvalue weighted by Gasteiger charge is 2.05. The Morgan fingerprint density at radius 1 is 1.50 bits per heavy atom. The number of rotatable bonds is 1. The highest BCUT2D eigenvalue weighted by Crippen LogP contribution is 2.18. The third-order valence-corrected chi connectivity index (χ3v) is 1.40. The van der Waals surface area contributed by atoms with Crippen LogP contribution in [0.4, 0.5) is 0 Å². The molecular weight excluding hydrogens is 154 g/mol. The van der Waals surface area contributed by atoms with Crippen LogP contribution < -0.4 is 0 Å². The van der Waals surface area contributed by atoms with Crippen LogP contribution in [-0.4, -0.2) is 15.2 Å². The van der Waals surface area contributed by atoms with E-state index in [-0.39, 0.29) is 10.6 Å². The number of aliphatic hydroxyl groups excluding tert-OH is 1. The van der Waals surface area contributed by atoms with E-state index in [0.29, 0.717) is 0 Å². The molecule has 0 atom stereocenters. The minimum absolute atomic E-state index is 0.262. The first kappa shape index (κ1) is 7.47. The minimum Gasteiger partial charge on any atom is -0.364 e. The Bertz CT molecular complexity index is 227. The van der Waals surface area contributed by atoms with E-state index in [9.17, 15) is 0 Å². The van der Waals surface area contributed by atoms with Gasteiger partial charge in [-0.3, -0.25) is 4.98 Å². The van der Waals surface area contributed by atoms with Gasteiger partial charge in [0.1, 0.15) is 0 Å². The highest BCUT2D eigenvalue weighted by atomic mass is 35.5. The summed E-state index contributed by atoms with van der Waals surface area (Å²) in [7, 11) is 0. The van der Waals surface area contributed by atoms with Crippen molar-refractivity contribution in [3.8, 4) is 0 Å². The van der Waals surface area contributed by atoms with Crippen LogP contribution >= 0.6 is 11.6 Å². The zero-order chi connectivity index (χ0) is 7.56. The first-order valence-electron chi connectivity index (χ1n) is 2.67. The van der Waals surface area contributed by atoms with Crippen LogP contribution in [0.3, 0.4) is 0 Å². The van der Waals surface area contributed by atoms with Gasteiger partial charge in [0, 0.05) is 18.0 Å². The first-order chi connectivity index (χ1) is 4.72. The molecule has 10 heavy (non-hydrogen) atoms. The number of pyridine rings is 1. The van der Waals surface area contributed by atoms with Gasteiger partial charge >= 0.3 is 0 Å². The second-order valence-corrected chi connectivity index (χ2v) is 2.18. The van der Waals surface area contributed by atoms with Gasteiger partial charge < -0.3 is 10.2 Å². The van der Waals surface area contributed by atoms with Gasteiger partial charge in [-0.05, 0) is 6.07 Å². The predicted octanol–water partition coefficient (Wildman–Crippen LogP) is 0.718. The van der Waals surface area contributed by atoms with Crippen molar-refractivity contribution in [2.75, 3.05) is 0 Å². The Morgan fingerprint density at radius 2 is 2.20 bits per heavy atom. The molecule has 1 heterocycles. The molecule has 0 aliphatic heterocycles. The van der Waals surface area contributed by atoms with Crippen molar-refractivity contribution in [1.29, 1.82) is 0 Å². The predicted molar refractivity (Wildman–Crippen MR) is 36.4 cm³/mol. The van der Waals surface area contributed by atoms with E-state index in [1.807, 2.05) is 0 Å². The molecular formula is C6H6ClNO2. The fourth-order valence-corrected chi connectivity index (χ4v) is 0.812. The van der Waals surface area contributed by atoms with Crippen molar-refractivity contribution in [3.63, 3.8) is 0 Å². The quantitative estimate of drug-likeness (QED) is 0.594. The summed E-state index contributed by atoms with van der Waals surface area (Å²) >= 11 is 5.54. The zero-order valence-corrected chi connectivity index (χ0v) is 5.78. The number of aromatic nitrogens is 1. The normalized spacial score (nSPS) is 10.4. The highest BCUT2D eigenvalue weighted by molar-refractivity contribution is 6.31. The summed E-state index contributed by atoms with van der Waals surface area (Å²) in [4.78, 5) is 3.67. The number of aliphatic hydroxyl groups is 2. The summed E-state index contributed by atoms with van der Waals surface area (Å²) in [6.45, 7) is 0. The van der Waals surface area contributed by atoms with E-state index < -0.39 is 6.29 Å². The Balaban J connectivity index is 3.03. The van der Waals surface area contributed by atoms with Crippen LogP contribution in [0.25, 0.3) is 0 Å². The van der Waals surface area contributed by atoms with E-state index in [2.05, 4.69) is 4.98 Å². The Morgan fingerprint density at radius 3 is 2.60 bits per heavy atom. The zero-order valence-electron chi connectivity index (χ0n) is 5.03. The topological polar surface area (TPSA) is 53.4 Å². The molecule has 1 aromatic heterocycles. The summed E-state index contributed by atoms with van der Waals surface area (Å²) in [5.74, 6) is 0. The molecule has 0 bridgehead atoms. The van der Waals surface area contributed by atoms with Crippen molar-refractivity contribution in [2.45, 2.75) is 6.29 Å². The van der Waals surface area contributed by atoms with Crippen LogP contribution in [-0.2, 0) is 0 Å². The fraction of sp³-hybridized carbons (Fsp3) is 0.167. The van der Waals surface area contributed by atoms with Gasteiger partial charge in [0.05, 0.1) is 5.02 Å². The minimum atomic E-state index is -1.52. The Hall–Kier alpha value is -0.640. The molecule has 0 unspecified atom stereocenters. The fourth-order valence-electron chi connectivity index (χ4n) is 0.595. The van der Waals surface area contributed by atoms with Gasteiger partial charge in [0.15, 0.2) is 6.29 Å². The maximum Gasteiger partial charge on any atom is 0.180 e. The molecule has 0 fully saturated rings. The molecule has 3 nitrogen and oxygen atoms in total. The molecule has 1 rings (SSSR count). The van der Waals surface area contributed by atoms with E-state index in [0.717, 1.165) is 0 Å². The van der Waals surface area contributed by atoms with Gasteiger partial charge in [0.25, 0.3) is 0 Å². The third kappa shape index (κ3) is 1.44. The molecule has 2 N–H and O–H groups in total. The number of hydrogen-bond donors (Lipinski definition) is 2. The summed E-state index contributed by atoms with van der Waals surface area (Å²) < 4.78 is 0. The lowest BCUT2D eigenvalue weighted by Gasteiger charge is -2.03. The molecule has 1 aromatic rings. The van der Waals surface area contributed by atoms with E-state index in [1.54, 1.807) is 0 Å². The van der Waals surface area contributed by atoms with E-state index in [1.165, 1.54) is 18.5 Å². The molecule has 54 valence electrons. The molecule has 0 amide bonds. The smallest absolute Gasteiger partial charge is 0.180 e. The number of nitrogens with zero attached hydrogens (tertiary/aromatic N) is 1. The lowest BCUT2D eigenvalue weighted by Crippen LogP contribution is -1.95. The Kier molecular flexibility index (Phi) is 2.21. The molecule has 0 saturated heterocycles. The van der Waals surface area contributed by atoms with E-state index in [4.69, 9.17) is 21.8 Å². The van der Waals surface area contributed by atoms with Gasteiger partial charge in [0.2, 0.25) is 0 Å². The van der Waals surface area contributed by atoms with Gasteiger partial charge in [-0.1, -0.05) is 11.6 Å². The van der Waals surface area contributed by atoms with E-state index >= 15 is 0 Å². The van der Waals surface area contributed by atoms with Crippen LogP contribution in [0.15, 0.2) is 18.5 Å². The number of halogens is 1. The van der Waals surface area contributed by atoms with Gasteiger partial charge in [-0.2, -0.15) is 0 Å². The standard InChI is InChI=1S/C6H6ClNO2/c7-5-3-8-2-1-4(5)6(9)10/h1-3,6,9-10H. The van der Waals surface area contributed by atoms with Crippen LogP contribution in [0.2, 0.25) is 5.02 Å². The van der Waals surface area contributed by atoms with Crippen LogP contribution in [0, 0.1) is 0 Å². The van der Waals surface area contributed by atoms with Gasteiger partial charge in [-0.15, -0.1) is 0 Å². The monoisotopic (exact) mass is 159 g/mol. The second-order valence-electron chi connectivity index (χ2n) is 1.77. The maximum atomic E-state index is 8.65.